The zero-order valence-corrected chi connectivity index (χ0v) is 13.1. The Labute approximate surface area is 121 Å². The van der Waals surface area contributed by atoms with Gasteiger partial charge in [-0.05, 0) is 19.5 Å². The second-order valence-corrected chi connectivity index (χ2v) is 7.96. The maximum Gasteiger partial charge on any atom is 0.177 e. The molecule has 1 heterocycles. The maximum absolute atomic E-state index is 12.2. The first kappa shape index (κ1) is 14.7. The molecular formula is C13H16BrNO3S. The molecule has 1 saturated heterocycles. The quantitative estimate of drug-likeness (QED) is 0.780. The van der Waals surface area contributed by atoms with Gasteiger partial charge in [-0.3, -0.25) is 9.69 Å². The fourth-order valence-electron chi connectivity index (χ4n) is 2.25. The lowest BCUT2D eigenvalue weighted by molar-refractivity contribution is 0.0926. The molecule has 1 unspecified atom stereocenters. The van der Waals surface area contributed by atoms with Crippen molar-refractivity contribution in [3.63, 3.8) is 0 Å². The molecule has 0 amide bonds. The molecule has 1 aromatic carbocycles. The summed E-state index contributed by atoms with van der Waals surface area (Å²) in [5.41, 5.74) is 0.634. The summed E-state index contributed by atoms with van der Waals surface area (Å²) in [7, 11) is -1.11. The number of likely N-dealkylation sites (N-methyl/N-ethyl adjacent to an activating group) is 1. The average Bonchev–Trinajstić information content (AvgIpc) is 2.70. The lowest BCUT2D eigenvalue weighted by Gasteiger charge is -2.22. The predicted molar refractivity (Wildman–Crippen MR) is 78.2 cm³/mol. The Bertz CT molecular complexity index is 585. The highest BCUT2D eigenvalue weighted by atomic mass is 79.9. The molecule has 0 aromatic heterocycles. The molecule has 0 saturated carbocycles. The monoisotopic (exact) mass is 345 g/mol. The zero-order valence-electron chi connectivity index (χ0n) is 10.7. The number of carbonyl (C=O) groups is 1. The summed E-state index contributed by atoms with van der Waals surface area (Å²) in [6, 6.07) is 7.22. The minimum absolute atomic E-state index is 0.000673. The van der Waals surface area contributed by atoms with Crippen LogP contribution in [0.25, 0.3) is 0 Å². The van der Waals surface area contributed by atoms with Crippen molar-refractivity contribution in [2.24, 2.45) is 0 Å². The van der Waals surface area contributed by atoms with Crippen LogP contribution in [0.3, 0.4) is 0 Å². The average molecular weight is 346 g/mol. The molecule has 19 heavy (non-hydrogen) atoms. The molecule has 0 radical (unpaired) electrons. The number of sulfone groups is 1. The van der Waals surface area contributed by atoms with E-state index in [1.807, 2.05) is 23.1 Å². The third kappa shape index (κ3) is 3.64. The van der Waals surface area contributed by atoms with Gasteiger partial charge >= 0.3 is 0 Å². The van der Waals surface area contributed by atoms with Crippen LogP contribution in [0.5, 0.6) is 0 Å². The smallest absolute Gasteiger partial charge is 0.177 e. The van der Waals surface area contributed by atoms with Crippen LogP contribution in [0.2, 0.25) is 0 Å². The molecule has 0 aliphatic carbocycles. The second-order valence-electron chi connectivity index (χ2n) is 4.87. The number of hydrogen-bond donors (Lipinski definition) is 0. The SMILES string of the molecule is CN(CC(=O)c1ccccc1Br)C1CCS(=O)(=O)C1. The molecule has 2 rings (SSSR count). The van der Waals surface area contributed by atoms with E-state index in [0.717, 1.165) is 4.47 Å². The van der Waals surface area contributed by atoms with Crippen LogP contribution in [0.1, 0.15) is 16.8 Å². The van der Waals surface area contributed by atoms with Crippen LogP contribution in [-0.2, 0) is 9.84 Å². The molecule has 1 atom stereocenters. The second kappa shape index (κ2) is 5.73. The first-order chi connectivity index (χ1) is 8.89. The van der Waals surface area contributed by atoms with Crippen LogP contribution >= 0.6 is 15.9 Å². The van der Waals surface area contributed by atoms with Gasteiger partial charge in [-0.1, -0.05) is 34.1 Å². The van der Waals surface area contributed by atoms with Crippen LogP contribution in [0.15, 0.2) is 28.7 Å². The number of ketones is 1. The Morgan fingerprint density at radius 2 is 2.11 bits per heavy atom. The minimum atomic E-state index is -2.91. The van der Waals surface area contributed by atoms with E-state index in [9.17, 15) is 13.2 Å². The van der Waals surface area contributed by atoms with Crippen molar-refractivity contribution in [1.29, 1.82) is 0 Å². The van der Waals surface area contributed by atoms with Crippen LogP contribution in [0, 0.1) is 0 Å². The number of carbonyl (C=O) groups excluding carboxylic acids is 1. The number of rotatable bonds is 4. The summed E-state index contributed by atoms with van der Waals surface area (Å²) in [6.45, 7) is 0.239. The van der Waals surface area contributed by atoms with Crippen molar-refractivity contribution in [1.82, 2.24) is 4.90 Å². The van der Waals surface area contributed by atoms with Gasteiger partial charge in [0.25, 0.3) is 0 Å². The van der Waals surface area contributed by atoms with Gasteiger partial charge in [-0.15, -0.1) is 0 Å². The summed E-state index contributed by atoms with van der Waals surface area (Å²) >= 11 is 3.35. The van der Waals surface area contributed by atoms with Crippen molar-refractivity contribution in [2.45, 2.75) is 12.5 Å². The van der Waals surface area contributed by atoms with Gasteiger partial charge in [0.15, 0.2) is 15.6 Å². The Morgan fingerprint density at radius 1 is 1.42 bits per heavy atom. The highest BCUT2D eigenvalue weighted by Gasteiger charge is 2.31. The third-order valence-corrected chi connectivity index (χ3v) is 5.84. The number of halogens is 1. The Morgan fingerprint density at radius 3 is 2.68 bits per heavy atom. The molecule has 0 bridgehead atoms. The molecule has 4 nitrogen and oxygen atoms in total. The zero-order chi connectivity index (χ0) is 14.0. The van der Waals surface area contributed by atoms with E-state index in [2.05, 4.69) is 15.9 Å². The van der Waals surface area contributed by atoms with E-state index in [0.29, 0.717) is 12.0 Å². The van der Waals surface area contributed by atoms with Crippen molar-refractivity contribution in [3.8, 4) is 0 Å². The van der Waals surface area contributed by atoms with Gasteiger partial charge in [0, 0.05) is 16.1 Å². The van der Waals surface area contributed by atoms with Crippen LogP contribution < -0.4 is 0 Å². The van der Waals surface area contributed by atoms with Crippen molar-refractivity contribution < 1.29 is 13.2 Å². The van der Waals surface area contributed by atoms with Crippen molar-refractivity contribution in [2.75, 3.05) is 25.1 Å². The van der Waals surface area contributed by atoms with Gasteiger partial charge in [0.05, 0.1) is 18.1 Å². The van der Waals surface area contributed by atoms with Crippen molar-refractivity contribution in [3.05, 3.63) is 34.3 Å². The minimum Gasteiger partial charge on any atom is -0.295 e. The molecule has 1 aromatic rings. The molecule has 6 heteroatoms. The predicted octanol–water partition coefficient (Wildman–Crippen LogP) is 1.75. The first-order valence-electron chi connectivity index (χ1n) is 6.07. The maximum atomic E-state index is 12.2. The Balaban J connectivity index is 2.02. The van der Waals surface area contributed by atoms with Crippen LogP contribution in [0.4, 0.5) is 0 Å². The molecular weight excluding hydrogens is 330 g/mol. The molecule has 0 spiro atoms. The molecule has 1 aliphatic heterocycles. The normalized spacial score (nSPS) is 21.7. The van der Waals surface area contributed by atoms with Gasteiger partial charge in [0.1, 0.15) is 0 Å². The highest BCUT2D eigenvalue weighted by molar-refractivity contribution is 9.10. The summed E-state index contributed by atoms with van der Waals surface area (Å²) in [5, 5.41) is 0. The van der Waals surface area contributed by atoms with E-state index < -0.39 is 9.84 Å². The largest absolute Gasteiger partial charge is 0.295 e. The highest BCUT2D eigenvalue weighted by Crippen LogP contribution is 2.19. The number of hydrogen-bond acceptors (Lipinski definition) is 4. The number of Topliss-reactive ketones (excluding diaryl/α,β-unsaturated/α-hetero) is 1. The first-order valence-corrected chi connectivity index (χ1v) is 8.69. The van der Waals surface area contributed by atoms with E-state index in [4.69, 9.17) is 0 Å². The van der Waals surface area contributed by atoms with E-state index in [1.54, 1.807) is 13.1 Å². The topological polar surface area (TPSA) is 54.5 Å². The molecule has 1 fully saturated rings. The lowest BCUT2D eigenvalue weighted by Crippen LogP contribution is -2.36. The van der Waals surface area contributed by atoms with Gasteiger partial charge in [-0.25, -0.2) is 8.42 Å². The Hall–Kier alpha value is -0.720. The fraction of sp³-hybridized carbons (Fsp3) is 0.462. The third-order valence-electron chi connectivity index (χ3n) is 3.40. The summed E-state index contributed by atoms with van der Waals surface area (Å²) < 4.78 is 23.6. The lowest BCUT2D eigenvalue weighted by atomic mass is 10.1. The van der Waals surface area contributed by atoms with E-state index in [-0.39, 0.29) is 29.9 Å². The van der Waals surface area contributed by atoms with Gasteiger partial charge < -0.3 is 0 Å². The fourth-order valence-corrected chi connectivity index (χ4v) is 4.56. The van der Waals surface area contributed by atoms with E-state index >= 15 is 0 Å². The summed E-state index contributed by atoms with van der Waals surface area (Å²) in [6.07, 6.45) is 0.613. The van der Waals surface area contributed by atoms with E-state index in [1.165, 1.54) is 0 Å². The Kier molecular flexibility index (Phi) is 4.43. The van der Waals surface area contributed by atoms with Crippen molar-refractivity contribution >= 4 is 31.6 Å². The molecule has 1 aliphatic rings. The number of nitrogens with zero attached hydrogens (tertiary/aromatic N) is 1. The summed E-state index contributed by atoms with van der Waals surface area (Å²) in [5.74, 6) is 0.386. The van der Waals surface area contributed by atoms with Crippen LogP contribution in [-0.4, -0.2) is 50.2 Å². The standard InChI is InChI=1S/C13H16BrNO3S/c1-15(10-6-7-19(17,18)9-10)8-13(16)11-4-2-3-5-12(11)14/h2-5,10H,6-9H2,1H3. The molecule has 104 valence electrons. The molecule has 0 N–H and O–H groups in total. The van der Waals surface area contributed by atoms with Gasteiger partial charge in [-0.2, -0.15) is 0 Å². The summed E-state index contributed by atoms with van der Waals surface area (Å²) in [4.78, 5) is 14.0. The number of benzene rings is 1. The van der Waals surface area contributed by atoms with Gasteiger partial charge in [0.2, 0.25) is 0 Å².